The molecule has 0 unspecified atom stereocenters. The van der Waals surface area contributed by atoms with Crippen LogP contribution in [-0.4, -0.2) is 37.2 Å². The monoisotopic (exact) mass is 340 g/mol. The van der Waals surface area contributed by atoms with Crippen molar-refractivity contribution in [3.8, 4) is 0 Å². The second-order valence-electron chi connectivity index (χ2n) is 6.24. The second kappa shape index (κ2) is 7.35. The molecule has 2 aliphatic rings. The first kappa shape index (κ1) is 16.3. The van der Waals surface area contributed by atoms with Gasteiger partial charge in [-0.1, -0.05) is 48.5 Å². The van der Waals surface area contributed by atoms with E-state index in [1.54, 1.807) is 12.1 Å². The van der Waals surface area contributed by atoms with Crippen LogP contribution in [0.15, 0.2) is 60.7 Å². The number of fused-ring (bicyclic) bond motifs is 2. The van der Waals surface area contributed by atoms with Crippen molar-refractivity contribution in [1.29, 1.82) is 0 Å². The van der Waals surface area contributed by atoms with Gasteiger partial charge in [0.1, 0.15) is 12.2 Å². The summed E-state index contributed by atoms with van der Waals surface area (Å²) in [6, 6.07) is 18.9. The third-order valence-corrected chi connectivity index (χ3v) is 4.49. The lowest BCUT2D eigenvalue weighted by atomic mass is 10.0. The van der Waals surface area contributed by atoms with Crippen molar-refractivity contribution in [2.24, 2.45) is 0 Å². The van der Waals surface area contributed by atoms with Crippen molar-refractivity contribution in [2.45, 2.75) is 37.6 Å². The van der Waals surface area contributed by atoms with Gasteiger partial charge in [0.05, 0.1) is 18.8 Å². The van der Waals surface area contributed by atoms with Crippen LogP contribution in [0.1, 0.15) is 22.3 Å². The van der Waals surface area contributed by atoms with Gasteiger partial charge in [0, 0.05) is 6.42 Å². The minimum atomic E-state index is -0.477. The van der Waals surface area contributed by atoms with Crippen molar-refractivity contribution >= 4 is 5.97 Å². The summed E-state index contributed by atoms with van der Waals surface area (Å²) in [4.78, 5) is 12.4. The predicted octanol–water partition coefficient (Wildman–Crippen LogP) is 2.94. The minimum absolute atomic E-state index is 0.251. The van der Waals surface area contributed by atoms with E-state index in [2.05, 4.69) is 0 Å². The van der Waals surface area contributed by atoms with E-state index < -0.39 is 6.10 Å². The van der Waals surface area contributed by atoms with E-state index in [0.717, 1.165) is 5.56 Å². The number of hydrogen-bond donors (Lipinski definition) is 0. The topological polar surface area (TPSA) is 54.0 Å². The van der Waals surface area contributed by atoms with Gasteiger partial charge in [0.25, 0.3) is 0 Å². The van der Waals surface area contributed by atoms with Crippen LogP contribution < -0.4 is 0 Å². The minimum Gasteiger partial charge on any atom is -0.453 e. The molecule has 130 valence electrons. The number of benzene rings is 2. The van der Waals surface area contributed by atoms with Crippen molar-refractivity contribution in [2.75, 3.05) is 6.61 Å². The zero-order valence-corrected chi connectivity index (χ0v) is 13.7. The molecule has 0 saturated carbocycles. The van der Waals surface area contributed by atoms with Crippen LogP contribution in [0.5, 0.6) is 0 Å². The molecular formula is C20H20O5. The maximum atomic E-state index is 12.4. The van der Waals surface area contributed by atoms with E-state index in [1.165, 1.54) is 0 Å². The molecule has 2 heterocycles. The Morgan fingerprint density at radius 2 is 1.76 bits per heavy atom. The Balaban J connectivity index is 1.45. The zero-order valence-electron chi connectivity index (χ0n) is 13.7. The summed E-state index contributed by atoms with van der Waals surface area (Å²) in [6.45, 7) is 0.882. The fourth-order valence-electron chi connectivity index (χ4n) is 3.19. The van der Waals surface area contributed by atoms with Crippen LogP contribution in [0.2, 0.25) is 0 Å². The van der Waals surface area contributed by atoms with E-state index in [-0.39, 0.29) is 24.5 Å². The second-order valence-corrected chi connectivity index (χ2v) is 6.24. The van der Waals surface area contributed by atoms with Crippen molar-refractivity contribution in [3.63, 3.8) is 0 Å². The van der Waals surface area contributed by atoms with Crippen LogP contribution in [-0.2, 0) is 25.6 Å². The molecule has 2 aromatic carbocycles. The molecule has 25 heavy (non-hydrogen) atoms. The molecule has 2 aliphatic heterocycles. The lowest BCUT2D eigenvalue weighted by Gasteiger charge is -2.34. The number of hydrogen-bond acceptors (Lipinski definition) is 5. The number of carbonyl (C=O) groups is 1. The largest absolute Gasteiger partial charge is 0.453 e. The van der Waals surface area contributed by atoms with Crippen LogP contribution >= 0.6 is 0 Å². The standard InChI is InChI=1S/C20H20O5/c21-20(15-9-5-2-6-10-15)25-19-16(11-18-23-13-17(19)24-18)22-12-14-7-3-1-4-8-14/h1-10,16-19H,11-13H2/t16-,17+,18+,19+/m1/s1. The summed E-state index contributed by atoms with van der Waals surface area (Å²) < 4.78 is 23.1. The molecule has 0 spiro atoms. The zero-order chi connectivity index (χ0) is 17.1. The van der Waals surface area contributed by atoms with Gasteiger partial charge in [-0.2, -0.15) is 0 Å². The van der Waals surface area contributed by atoms with Gasteiger partial charge < -0.3 is 18.9 Å². The highest BCUT2D eigenvalue weighted by atomic mass is 16.7. The first-order valence-corrected chi connectivity index (χ1v) is 8.48. The van der Waals surface area contributed by atoms with Gasteiger partial charge in [-0.15, -0.1) is 0 Å². The van der Waals surface area contributed by atoms with Crippen molar-refractivity contribution < 1.29 is 23.7 Å². The molecule has 2 saturated heterocycles. The highest BCUT2D eigenvalue weighted by Crippen LogP contribution is 2.32. The van der Waals surface area contributed by atoms with E-state index in [4.69, 9.17) is 18.9 Å². The summed E-state index contributed by atoms with van der Waals surface area (Å²) in [5, 5.41) is 0. The Morgan fingerprint density at radius 1 is 1.04 bits per heavy atom. The average Bonchev–Trinajstić information content (AvgIpc) is 3.07. The number of esters is 1. The average molecular weight is 340 g/mol. The molecule has 2 aromatic rings. The summed E-state index contributed by atoms with van der Waals surface area (Å²) in [5.74, 6) is -0.368. The lowest BCUT2D eigenvalue weighted by Crippen LogP contribution is -2.48. The van der Waals surface area contributed by atoms with Gasteiger partial charge in [0.15, 0.2) is 12.4 Å². The predicted molar refractivity (Wildman–Crippen MR) is 89.9 cm³/mol. The first-order chi connectivity index (χ1) is 12.3. The molecule has 0 aromatic heterocycles. The summed E-state index contributed by atoms with van der Waals surface area (Å²) >= 11 is 0. The molecule has 0 radical (unpaired) electrons. The van der Waals surface area contributed by atoms with E-state index in [9.17, 15) is 4.79 Å². The van der Waals surface area contributed by atoms with E-state index in [0.29, 0.717) is 25.2 Å². The Kier molecular flexibility index (Phi) is 4.78. The molecule has 0 amide bonds. The lowest BCUT2D eigenvalue weighted by molar-refractivity contribution is -0.184. The van der Waals surface area contributed by atoms with Gasteiger partial charge in [-0.25, -0.2) is 4.79 Å². The SMILES string of the molecule is O=C(O[C@@H]1[C@@H]2CO[C@H](C[C@H]1OCc1ccccc1)O2)c1ccccc1. The Morgan fingerprint density at radius 3 is 2.52 bits per heavy atom. The summed E-state index contributed by atoms with van der Waals surface area (Å²) in [6.07, 6.45) is -0.741. The quantitative estimate of drug-likeness (QED) is 0.784. The maximum absolute atomic E-state index is 12.4. The maximum Gasteiger partial charge on any atom is 0.338 e. The molecule has 4 atom stereocenters. The fraction of sp³-hybridized carbons (Fsp3) is 0.350. The Labute approximate surface area is 146 Å². The Bertz CT molecular complexity index is 703. The molecular weight excluding hydrogens is 320 g/mol. The molecule has 0 aliphatic carbocycles. The van der Waals surface area contributed by atoms with E-state index >= 15 is 0 Å². The molecule has 5 nitrogen and oxygen atoms in total. The first-order valence-electron chi connectivity index (χ1n) is 8.48. The van der Waals surface area contributed by atoms with Crippen molar-refractivity contribution in [1.82, 2.24) is 0 Å². The smallest absolute Gasteiger partial charge is 0.338 e. The van der Waals surface area contributed by atoms with Gasteiger partial charge >= 0.3 is 5.97 Å². The number of rotatable bonds is 5. The number of carbonyl (C=O) groups excluding carboxylic acids is 1. The van der Waals surface area contributed by atoms with Gasteiger partial charge in [-0.05, 0) is 17.7 Å². The normalized spacial score (nSPS) is 27.8. The van der Waals surface area contributed by atoms with Crippen LogP contribution in [0, 0.1) is 0 Å². The van der Waals surface area contributed by atoms with E-state index in [1.807, 2.05) is 48.5 Å². The molecule has 2 fully saturated rings. The number of ether oxygens (including phenoxy) is 4. The van der Waals surface area contributed by atoms with Crippen LogP contribution in [0.25, 0.3) is 0 Å². The van der Waals surface area contributed by atoms with Crippen LogP contribution in [0.4, 0.5) is 0 Å². The molecule has 4 rings (SSSR count). The van der Waals surface area contributed by atoms with Gasteiger partial charge in [0.2, 0.25) is 0 Å². The summed E-state index contributed by atoms with van der Waals surface area (Å²) in [5.41, 5.74) is 1.60. The highest BCUT2D eigenvalue weighted by molar-refractivity contribution is 5.89. The fourth-order valence-corrected chi connectivity index (χ4v) is 3.19. The third kappa shape index (κ3) is 3.74. The third-order valence-electron chi connectivity index (χ3n) is 4.49. The highest BCUT2D eigenvalue weighted by Gasteiger charge is 2.47. The summed E-state index contributed by atoms with van der Waals surface area (Å²) in [7, 11) is 0. The van der Waals surface area contributed by atoms with Crippen LogP contribution in [0.3, 0.4) is 0 Å². The van der Waals surface area contributed by atoms with Crippen molar-refractivity contribution in [3.05, 3.63) is 71.8 Å². The Hall–Kier alpha value is -2.21. The van der Waals surface area contributed by atoms with Gasteiger partial charge in [-0.3, -0.25) is 0 Å². The molecule has 5 heteroatoms. The molecule has 0 N–H and O–H groups in total. The molecule has 2 bridgehead atoms.